The van der Waals surface area contributed by atoms with Crippen LogP contribution in [0.5, 0.6) is 28.7 Å². The quantitative estimate of drug-likeness (QED) is 0.0132. The predicted molar refractivity (Wildman–Crippen MR) is 255 cm³/mol. The SMILES string of the molecule is C=CC(=O)OCCCCCCOc1ccc(C(=O)Oc2cc(/C=N/Nc3cccc4ccccc34)c(OC(=O)c3ccc(OCCCCCCOC(=O)C=C)cc3)c(OC(=O)C(=C)C)c2)cc1. The van der Waals surface area contributed by atoms with E-state index in [2.05, 4.69) is 30.3 Å². The Morgan fingerprint density at radius 1 is 0.582 bits per heavy atom. The average molecular weight is 911 g/mol. The van der Waals surface area contributed by atoms with Crippen molar-refractivity contribution >= 4 is 52.5 Å². The third kappa shape index (κ3) is 16.5. The van der Waals surface area contributed by atoms with E-state index in [1.807, 2.05) is 42.5 Å². The molecule has 1 N–H and O–H groups in total. The van der Waals surface area contributed by atoms with Crippen LogP contribution in [0.3, 0.4) is 0 Å². The highest BCUT2D eigenvalue weighted by atomic mass is 16.6. The molecule has 14 nitrogen and oxygen atoms in total. The number of carbonyl (C=O) groups is 5. The maximum absolute atomic E-state index is 13.7. The molecule has 0 aliphatic rings. The summed E-state index contributed by atoms with van der Waals surface area (Å²) >= 11 is 0. The van der Waals surface area contributed by atoms with Crippen LogP contribution in [-0.2, 0) is 23.9 Å². The van der Waals surface area contributed by atoms with Crippen LogP contribution in [0.2, 0.25) is 0 Å². The molecule has 0 amide bonds. The number of ether oxygens (including phenoxy) is 7. The van der Waals surface area contributed by atoms with Gasteiger partial charge < -0.3 is 33.2 Å². The lowest BCUT2D eigenvalue weighted by atomic mass is 10.1. The molecule has 5 rings (SSSR count). The summed E-state index contributed by atoms with van der Waals surface area (Å²) in [5, 5.41) is 6.33. The Hall–Kier alpha value is -8.00. The van der Waals surface area contributed by atoms with E-state index >= 15 is 0 Å². The summed E-state index contributed by atoms with van der Waals surface area (Å²) < 4.78 is 39.1. The number of hydrogen-bond acceptors (Lipinski definition) is 14. The number of fused-ring (bicyclic) bond motifs is 1. The van der Waals surface area contributed by atoms with E-state index in [4.69, 9.17) is 33.2 Å². The van der Waals surface area contributed by atoms with Crippen molar-refractivity contribution < 1.29 is 57.1 Å². The van der Waals surface area contributed by atoms with Crippen molar-refractivity contribution in [3.8, 4) is 28.7 Å². The molecule has 0 fully saturated rings. The van der Waals surface area contributed by atoms with Crippen LogP contribution in [0.15, 0.2) is 146 Å². The summed E-state index contributed by atoms with van der Waals surface area (Å²) in [6.07, 6.45) is 10.2. The summed E-state index contributed by atoms with van der Waals surface area (Å²) in [6.45, 7) is 13.5. The van der Waals surface area contributed by atoms with Crippen LogP contribution in [-0.4, -0.2) is 62.5 Å². The molecule has 0 aromatic heterocycles. The first-order valence-electron chi connectivity index (χ1n) is 21.9. The Labute approximate surface area is 389 Å². The largest absolute Gasteiger partial charge is 0.494 e. The van der Waals surface area contributed by atoms with Gasteiger partial charge in [0, 0.05) is 34.7 Å². The van der Waals surface area contributed by atoms with Crippen LogP contribution in [0.25, 0.3) is 10.8 Å². The molecule has 5 aromatic carbocycles. The van der Waals surface area contributed by atoms with Crippen molar-refractivity contribution in [2.45, 2.75) is 58.3 Å². The van der Waals surface area contributed by atoms with E-state index in [0.717, 1.165) is 74.3 Å². The molecule has 348 valence electrons. The summed E-state index contributed by atoms with van der Waals surface area (Å²) in [6, 6.07) is 28.9. The molecular weight excluding hydrogens is 857 g/mol. The van der Waals surface area contributed by atoms with Gasteiger partial charge in [-0.25, -0.2) is 24.0 Å². The zero-order chi connectivity index (χ0) is 47.8. The number of hydrogen-bond donors (Lipinski definition) is 1. The molecule has 0 unspecified atom stereocenters. The monoisotopic (exact) mass is 910 g/mol. The second-order valence-electron chi connectivity index (χ2n) is 15.0. The van der Waals surface area contributed by atoms with Crippen LogP contribution >= 0.6 is 0 Å². The van der Waals surface area contributed by atoms with Crippen molar-refractivity contribution in [3.63, 3.8) is 0 Å². The maximum atomic E-state index is 13.7. The Bertz CT molecular complexity index is 2540. The second-order valence-corrected chi connectivity index (χ2v) is 15.0. The molecule has 0 bridgehead atoms. The molecule has 0 spiro atoms. The standard InChI is InChI=1S/C53H54N2O12/c1-5-48(56)63-32-15-9-7-13-30-61-42-26-22-39(23-27-42)52(59)65-44-34-41(36-54-55-46-21-17-19-38-18-11-12-20-45(38)46)50(47(35-44)66-51(58)37(3)4)67-53(60)40-24-28-43(29-25-40)62-31-14-8-10-16-33-64-49(57)6-2/h5-6,11-12,17-29,34-36,55H,1-3,7-10,13-16,30-33H2,4H3/b54-36+. The maximum Gasteiger partial charge on any atom is 0.343 e. The van der Waals surface area contributed by atoms with Gasteiger partial charge in [0.15, 0.2) is 11.5 Å². The number of esters is 5. The molecule has 0 radical (unpaired) electrons. The lowest BCUT2D eigenvalue weighted by Gasteiger charge is -2.16. The van der Waals surface area contributed by atoms with E-state index in [-0.39, 0.29) is 39.5 Å². The number of carbonyl (C=O) groups excluding carboxylic acids is 5. The first-order valence-corrected chi connectivity index (χ1v) is 21.9. The summed E-state index contributed by atoms with van der Waals surface area (Å²) in [7, 11) is 0. The zero-order valence-electron chi connectivity index (χ0n) is 37.5. The highest BCUT2D eigenvalue weighted by Gasteiger charge is 2.23. The van der Waals surface area contributed by atoms with Crippen LogP contribution < -0.4 is 29.1 Å². The topological polar surface area (TPSA) is 174 Å². The van der Waals surface area contributed by atoms with E-state index in [1.165, 1.54) is 25.3 Å². The first kappa shape index (κ1) is 50.0. The van der Waals surface area contributed by atoms with Gasteiger partial charge in [0.05, 0.1) is 49.5 Å². The van der Waals surface area contributed by atoms with Gasteiger partial charge in [-0.3, -0.25) is 5.43 Å². The molecular formula is C53H54N2O12. The number of hydrazone groups is 1. The van der Waals surface area contributed by atoms with Crippen LogP contribution in [0.4, 0.5) is 5.69 Å². The third-order valence-electron chi connectivity index (χ3n) is 9.81. The average Bonchev–Trinajstić information content (AvgIpc) is 3.34. The minimum Gasteiger partial charge on any atom is -0.494 e. The van der Waals surface area contributed by atoms with Gasteiger partial charge in [0.25, 0.3) is 0 Å². The van der Waals surface area contributed by atoms with Crippen LogP contribution in [0, 0.1) is 0 Å². The number of nitrogens with one attached hydrogen (secondary N) is 1. The number of nitrogens with zero attached hydrogens (tertiary/aromatic N) is 1. The van der Waals surface area contributed by atoms with E-state index in [0.29, 0.717) is 43.6 Å². The van der Waals surface area contributed by atoms with Crippen LogP contribution in [0.1, 0.15) is 84.6 Å². The number of benzene rings is 5. The minimum atomic E-state index is -0.820. The Balaban J connectivity index is 1.31. The molecule has 0 saturated carbocycles. The summed E-state index contributed by atoms with van der Waals surface area (Å²) in [5.41, 5.74) is 4.28. The molecule has 14 heteroatoms. The summed E-state index contributed by atoms with van der Waals surface area (Å²) in [5.74, 6) is -2.56. The zero-order valence-corrected chi connectivity index (χ0v) is 37.5. The van der Waals surface area contributed by atoms with E-state index in [1.54, 1.807) is 48.5 Å². The lowest BCUT2D eigenvalue weighted by Crippen LogP contribution is -2.15. The van der Waals surface area contributed by atoms with Crippen molar-refractivity contribution in [1.82, 2.24) is 0 Å². The minimum absolute atomic E-state index is 0.0434. The Kier molecular flexibility index (Phi) is 19.9. The molecule has 0 aliphatic heterocycles. The third-order valence-corrected chi connectivity index (χ3v) is 9.81. The van der Waals surface area contributed by atoms with Gasteiger partial charge in [-0.05, 0) is 124 Å². The Morgan fingerprint density at radius 2 is 1.10 bits per heavy atom. The molecule has 0 aliphatic carbocycles. The fourth-order valence-corrected chi connectivity index (χ4v) is 6.27. The fourth-order valence-electron chi connectivity index (χ4n) is 6.27. The molecule has 0 atom stereocenters. The van der Waals surface area contributed by atoms with Gasteiger partial charge >= 0.3 is 29.8 Å². The fraction of sp³-hybridized carbons (Fsp3) is 0.245. The van der Waals surface area contributed by atoms with Gasteiger partial charge in [-0.15, -0.1) is 0 Å². The second kappa shape index (κ2) is 26.7. The smallest absolute Gasteiger partial charge is 0.343 e. The van der Waals surface area contributed by atoms with Crippen molar-refractivity contribution in [1.29, 1.82) is 0 Å². The first-order chi connectivity index (χ1) is 32.5. The summed E-state index contributed by atoms with van der Waals surface area (Å²) in [4.78, 5) is 62.6. The predicted octanol–water partition coefficient (Wildman–Crippen LogP) is 10.5. The molecule has 67 heavy (non-hydrogen) atoms. The highest BCUT2D eigenvalue weighted by Crippen LogP contribution is 2.37. The number of anilines is 1. The van der Waals surface area contributed by atoms with Crippen molar-refractivity contribution in [3.05, 3.63) is 157 Å². The Morgan fingerprint density at radius 3 is 1.66 bits per heavy atom. The highest BCUT2D eigenvalue weighted by molar-refractivity contribution is 5.98. The van der Waals surface area contributed by atoms with Gasteiger partial charge in [0.2, 0.25) is 0 Å². The molecule has 0 heterocycles. The number of rotatable bonds is 27. The van der Waals surface area contributed by atoms with Gasteiger partial charge in [-0.2, -0.15) is 5.10 Å². The van der Waals surface area contributed by atoms with Crippen molar-refractivity contribution in [2.75, 3.05) is 31.9 Å². The lowest BCUT2D eigenvalue weighted by molar-refractivity contribution is -0.138. The van der Waals surface area contributed by atoms with E-state index in [9.17, 15) is 24.0 Å². The van der Waals surface area contributed by atoms with E-state index < -0.39 is 29.8 Å². The molecule has 5 aromatic rings. The molecule has 0 saturated heterocycles. The van der Waals surface area contributed by atoms with Gasteiger partial charge in [-0.1, -0.05) is 56.1 Å². The number of unbranched alkanes of at least 4 members (excludes halogenated alkanes) is 6. The van der Waals surface area contributed by atoms with Gasteiger partial charge in [0.1, 0.15) is 17.2 Å². The normalized spacial score (nSPS) is 10.7. The van der Waals surface area contributed by atoms with Crippen molar-refractivity contribution in [2.24, 2.45) is 5.10 Å².